The monoisotopic (exact) mass is 325 g/mol. The van der Waals surface area contributed by atoms with Crippen LogP contribution >= 0.6 is 0 Å². The second-order valence-electron chi connectivity index (χ2n) is 6.61. The molecule has 1 N–H and O–H groups in total. The molecule has 0 spiro atoms. The Kier molecular flexibility index (Phi) is 8.58. The van der Waals surface area contributed by atoms with Crippen LogP contribution in [0.15, 0.2) is 60.7 Å². The van der Waals surface area contributed by atoms with E-state index in [1.165, 1.54) is 11.1 Å². The van der Waals surface area contributed by atoms with Gasteiger partial charge in [0, 0.05) is 12.6 Å². The van der Waals surface area contributed by atoms with Crippen molar-refractivity contribution < 1.29 is 4.74 Å². The van der Waals surface area contributed by atoms with Gasteiger partial charge in [-0.3, -0.25) is 0 Å². The number of rotatable bonds is 11. The minimum atomic E-state index is 0.203. The van der Waals surface area contributed by atoms with Crippen molar-refractivity contribution in [3.8, 4) is 0 Å². The van der Waals surface area contributed by atoms with Crippen molar-refractivity contribution in [3.63, 3.8) is 0 Å². The molecule has 0 bridgehead atoms. The lowest BCUT2D eigenvalue weighted by Gasteiger charge is -2.19. The second-order valence-corrected chi connectivity index (χ2v) is 6.61. The minimum absolute atomic E-state index is 0.203. The molecule has 2 aromatic rings. The summed E-state index contributed by atoms with van der Waals surface area (Å²) in [5.41, 5.74) is 2.70. The van der Waals surface area contributed by atoms with Crippen LogP contribution in [0.3, 0.4) is 0 Å². The van der Waals surface area contributed by atoms with Crippen LogP contribution in [-0.2, 0) is 11.2 Å². The molecule has 0 aliphatic carbocycles. The summed E-state index contributed by atoms with van der Waals surface area (Å²) in [5.74, 6) is 0. The van der Waals surface area contributed by atoms with Crippen LogP contribution in [0.25, 0.3) is 0 Å². The Balaban J connectivity index is 1.79. The van der Waals surface area contributed by atoms with Crippen LogP contribution in [0.4, 0.5) is 0 Å². The lowest BCUT2D eigenvalue weighted by Crippen LogP contribution is -2.24. The molecule has 0 saturated heterocycles. The Morgan fingerprint density at radius 3 is 2.21 bits per heavy atom. The molecule has 0 aliphatic rings. The highest BCUT2D eigenvalue weighted by Crippen LogP contribution is 2.23. The molecule has 2 nitrogen and oxygen atoms in total. The molecule has 0 saturated carbocycles. The van der Waals surface area contributed by atoms with Gasteiger partial charge in [0.25, 0.3) is 0 Å². The molecule has 1 unspecified atom stereocenters. The topological polar surface area (TPSA) is 21.3 Å². The van der Waals surface area contributed by atoms with Crippen LogP contribution in [0.1, 0.15) is 50.3 Å². The van der Waals surface area contributed by atoms with E-state index in [1.54, 1.807) is 0 Å². The first-order valence-electron chi connectivity index (χ1n) is 9.19. The van der Waals surface area contributed by atoms with Crippen LogP contribution in [0, 0.1) is 0 Å². The predicted octanol–water partition coefficient (Wildman–Crippen LogP) is 5.16. The SMILES string of the molecule is CC(C)NCCCOC(CCCc1ccccc1)c1ccccc1. The average molecular weight is 325 g/mol. The molecule has 0 aliphatic heterocycles. The maximum Gasteiger partial charge on any atom is 0.0825 e. The summed E-state index contributed by atoms with van der Waals surface area (Å²) in [4.78, 5) is 0. The highest BCUT2D eigenvalue weighted by atomic mass is 16.5. The van der Waals surface area contributed by atoms with Gasteiger partial charge in [-0.25, -0.2) is 0 Å². The fourth-order valence-corrected chi connectivity index (χ4v) is 2.84. The standard InChI is InChI=1S/C22H31NO/c1-19(2)23-17-10-18-24-22(21-14-7-4-8-15-21)16-9-13-20-11-5-3-6-12-20/h3-8,11-12,14-15,19,22-23H,9-10,13,16-18H2,1-2H3. The third-order valence-corrected chi connectivity index (χ3v) is 4.14. The summed E-state index contributed by atoms with van der Waals surface area (Å²) < 4.78 is 6.21. The zero-order chi connectivity index (χ0) is 17.0. The maximum absolute atomic E-state index is 6.21. The molecule has 2 aromatic carbocycles. The average Bonchev–Trinajstić information content (AvgIpc) is 2.61. The molecule has 0 aromatic heterocycles. The lowest BCUT2D eigenvalue weighted by molar-refractivity contribution is 0.0436. The van der Waals surface area contributed by atoms with E-state index in [9.17, 15) is 0 Å². The zero-order valence-corrected chi connectivity index (χ0v) is 15.1. The van der Waals surface area contributed by atoms with Gasteiger partial charge in [-0.05, 0) is 43.4 Å². The summed E-state index contributed by atoms with van der Waals surface area (Å²) in [7, 11) is 0. The number of hydrogen-bond donors (Lipinski definition) is 1. The third-order valence-electron chi connectivity index (χ3n) is 4.14. The van der Waals surface area contributed by atoms with E-state index in [4.69, 9.17) is 4.74 Å². The summed E-state index contributed by atoms with van der Waals surface area (Å²) >= 11 is 0. The molecular weight excluding hydrogens is 294 g/mol. The molecule has 2 rings (SSSR count). The first-order chi connectivity index (χ1) is 11.8. The van der Waals surface area contributed by atoms with Gasteiger partial charge in [0.05, 0.1) is 6.10 Å². The van der Waals surface area contributed by atoms with Crippen molar-refractivity contribution in [2.45, 2.75) is 51.7 Å². The molecular formula is C22H31NO. The van der Waals surface area contributed by atoms with Gasteiger partial charge in [-0.15, -0.1) is 0 Å². The normalized spacial score (nSPS) is 12.5. The second kappa shape index (κ2) is 11.0. The van der Waals surface area contributed by atoms with Gasteiger partial charge >= 0.3 is 0 Å². The van der Waals surface area contributed by atoms with E-state index in [-0.39, 0.29) is 6.10 Å². The van der Waals surface area contributed by atoms with Crippen LogP contribution < -0.4 is 5.32 Å². The van der Waals surface area contributed by atoms with E-state index < -0.39 is 0 Å². The summed E-state index contributed by atoms with van der Waals surface area (Å²) in [6.07, 6.45) is 4.58. The van der Waals surface area contributed by atoms with E-state index in [0.717, 1.165) is 38.8 Å². The molecule has 1 atom stereocenters. The predicted molar refractivity (Wildman–Crippen MR) is 102 cm³/mol. The summed E-state index contributed by atoms with van der Waals surface area (Å²) in [6.45, 7) is 6.18. The van der Waals surface area contributed by atoms with Gasteiger partial charge in [0.2, 0.25) is 0 Å². The van der Waals surface area contributed by atoms with Crippen molar-refractivity contribution in [2.75, 3.05) is 13.2 Å². The number of ether oxygens (including phenoxy) is 1. The maximum atomic E-state index is 6.21. The Labute approximate surface area is 147 Å². The van der Waals surface area contributed by atoms with Crippen LogP contribution in [0.2, 0.25) is 0 Å². The highest BCUT2D eigenvalue weighted by Gasteiger charge is 2.11. The van der Waals surface area contributed by atoms with Gasteiger partial charge in [-0.1, -0.05) is 74.5 Å². The van der Waals surface area contributed by atoms with Crippen LogP contribution in [0.5, 0.6) is 0 Å². The third kappa shape index (κ3) is 7.29. The van der Waals surface area contributed by atoms with Gasteiger partial charge < -0.3 is 10.1 Å². The Morgan fingerprint density at radius 1 is 0.875 bits per heavy atom. The van der Waals surface area contributed by atoms with E-state index in [2.05, 4.69) is 79.8 Å². The van der Waals surface area contributed by atoms with Crippen molar-refractivity contribution in [1.29, 1.82) is 0 Å². The van der Waals surface area contributed by atoms with Gasteiger partial charge in [-0.2, -0.15) is 0 Å². The van der Waals surface area contributed by atoms with Crippen molar-refractivity contribution >= 4 is 0 Å². The van der Waals surface area contributed by atoms with Crippen molar-refractivity contribution in [3.05, 3.63) is 71.8 Å². The zero-order valence-electron chi connectivity index (χ0n) is 15.1. The number of aryl methyl sites for hydroxylation is 1. The molecule has 130 valence electrons. The summed E-state index contributed by atoms with van der Waals surface area (Å²) in [5, 5.41) is 3.44. The smallest absolute Gasteiger partial charge is 0.0825 e. The summed E-state index contributed by atoms with van der Waals surface area (Å²) in [6, 6.07) is 21.9. The van der Waals surface area contributed by atoms with Crippen LogP contribution in [-0.4, -0.2) is 19.2 Å². The first kappa shape index (κ1) is 18.7. The van der Waals surface area contributed by atoms with Crippen molar-refractivity contribution in [2.24, 2.45) is 0 Å². The molecule has 24 heavy (non-hydrogen) atoms. The fourth-order valence-electron chi connectivity index (χ4n) is 2.84. The highest BCUT2D eigenvalue weighted by molar-refractivity contribution is 5.18. The quantitative estimate of drug-likeness (QED) is 0.577. The lowest BCUT2D eigenvalue weighted by atomic mass is 10.0. The molecule has 0 heterocycles. The van der Waals surface area contributed by atoms with Crippen molar-refractivity contribution in [1.82, 2.24) is 5.32 Å². The number of hydrogen-bond acceptors (Lipinski definition) is 2. The molecule has 0 amide bonds. The first-order valence-corrected chi connectivity index (χ1v) is 9.19. The molecule has 0 radical (unpaired) electrons. The number of nitrogens with one attached hydrogen (secondary N) is 1. The molecule has 2 heteroatoms. The molecule has 0 fully saturated rings. The minimum Gasteiger partial charge on any atom is -0.373 e. The number of benzene rings is 2. The van der Waals surface area contributed by atoms with E-state index in [1.807, 2.05) is 0 Å². The Bertz CT molecular complexity index is 538. The van der Waals surface area contributed by atoms with Gasteiger partial charge in [0.15, 0.2) is 0 Å². The largest absolute Gasteiger partial charge is 0.373 e. The Hall–Kier alpha value is -1.64. The van der Waals surface area contributed by atoms with E-state index in [0.29, 0.717) is 6.04 Å². The Morgan fingerprint density at radius 2 is 1.54 bits per heavy atom. The fraction of sp³-hybridized carbons (Fsp3) is 0.455. The van der Waals surface area contributed by atoms with Gasteiger partial charge in [0.1, 0.15) is 0 Å². The van der Waals surface area contributed by atoms with E-state index >= 15 is 0 Å².